The van der Waals surface area contributed by atoms with Crippen LogP contribution >= 0.6 is 23.6 Å². The number of amides is 1. The molecule has 0 unspecified atom stereocenters. The Morgan fingerprint density at radius 2 is 1.93 bits per heavy atom. The van der Waals surface area contributed by atoms with Gasteiger partial charge >= 0.3 is 0 Å². The first-order chi connectivity index (χ1) is 14.0. The molecule has 0 radical (unpaired) electrons. The van der Waals surface area contributed by atoms with E-state index in [2.05, 4.69) is 59.0 Å². The van der Waals surface area contributed by atoms with Gasteiger partial charge < -0.3 is 15.5 Å². The zero-order valence-electron chi connectivity index (χ0n) is 17.3. The van der Waals surface area contributed by atoms with Crippen LogP contribution in [0.5, 0.6) is 0 Å². The van der Waals surface area contributed by atoms with Gasteiger partial charge in [-0.2, -0.15) is 0 Å². The third-order valence-corrected chi connectivity index (χ3v) is 7.15. The van der Waals surface area contributed by atoms with Crippen molar-refractivity contribution in [1.82, 2.24) is 15.5 Å². The predicted molar refractivity (Wildman–Crippen MR) is 125 cm³/mol. The zero-order chi connectivity index (χ0) is 20.6. The van der Waals surface area contributed by atoms with Crippen LogP contribution in [0.25, 0.3) is 0 Å². The Bertz CT molecular complexity index is 779. The maximum atomic E-state index is 12.5. The molecule has 2 aromatic rings. The van der Waals surface area contributed by atoms with E-state index >= 15 is 0 Å². The largest absolute Gasteiger partial charge is 0.353 e. The van der Waals surface area contributed by atoms with E-state index in [0.717, 1.165) is 13.0 Å². The number of thiocarbonyl (C=S) groups is 1. The van der Waals surface area contributed by atoms with Gasteiger partial charge in [-0.3, -0.25) is 4.79 Å². The predicted octanol–water partition coefficient (Wildman–Crippen LogP) is 4.57. The van der Waals surface area contributed by atoms with Crippen LogP contribution in [0.15, 0.2) is 47.8 Å². The van der Waals surface area contributed by atoms with Crippen molar-refractivity contribution in [2.75, 3.05) is 6.54 Å². The Labute approximate surface area is 183 Å². The summed E-state index contributed by atoms with van der Waals surface area (Å²) in [5, 5.41) is 9.08. The van der Waals surface area contributed by atoms with Crippen molar-refractivity contribution in [1.29, 1.82) is 0 Å². The second kappa shape index (κ2) is 10.7. The van der Waals surface area contributed by atoms with Crippen LogP contribution in [-0.2, 0) is 17.9 Å². The molecule has 1 aliphatic rings. The minimum absolute atomic E-state index is 0.0223. The summed E-state index contributed by atoms with van der Waals surface area (Å²) in [6.07, 6.45) is 3.52. The van der Waals surface area contributed by atoms with Gasteiger partial charge in [0.15, 0.2) is 5.11 Å². The van der Waals surface area contributed by atoms with Crippen molar-refractivity contribution in [2.24, 2.45) is 11.8 Å². The highest BCUT2D eigenvalue weighted by atomic mass is 32.1. The van der Waals surface area contributed by atoms with E-state index in [0.29, 0.717) is 23.5 Å². The van der Waals surface area contributed by atoms with E-state index in [-0.39, 0.29) is 18.5 Å². The van der Waals surface area contributed by atoms with Crippen molar-refractivity contribution >= 4 is 34.6 Å². The summed E-state index contributed by atoms with van der Waals surface area (Å²) in [5.74, 6) is 1.21. The molecule has 0 aliphatic heterocycles. The summed E-state index contributed by atoms with van der Waals surface area (Å²) in [4.78, 5) is 15.9. The van der Waals surface area contributed by atoms with Crippen molar-refractivity contribution in [2.45, 2.75) is 52.2 Å². The van der Waals surface area contributed by atoms with E-state index in [4.69, 9.17) is 12.2 Å². The lowest BCUT2D eigenvalue weighted by molar-refractivity contribution is -0.121. The lowest BCUT2D eigenvalue weighted by Gasteiger charge is -2.34. The minimum atomic E-state index is 0.0223. The molecule has 0 saturated heterocycles. The molecule has 29 heavy (non-hydrogen) atoms. The molecule has 1 heterocycles. The molecule has 6 heteroatoms. The highest BCUT2D eigenvalue weighted by Gasteiger charge is 2.28. The number of thiophene rings is 1. The molecule has 4 nitrogen and oxygen atoms in total. The highest BCUT2D eigenvalue weighted by molar-refractivity contribution is 7.80. The Hall–Kier alpha value is -1.92. The van der Waals surface area contributed by atoms with Crippen LogP contribution < -0.4 is 10.6 Å². The van der Waals surface area contributed by atoms with Crippen LogP contribution in [0.1, 0.15) is 43.6 Å². The van der Waals surface area contributed by atoms with Crippen molar-refractivity contribution < 1.29 is 4.79 Å². The fraction of sp³-hybridized carbons (Fsp3) is 0.478. The van der Waals surface area contributed by atoms with E-state index in [1.165, 1.54) is 23.3 Å². The molecule has 0 bridgehead atoms. The molecule has 1 aromatic heterocycles. The van der Waals surface area contributed by atoms with Crippen LogP contribution in [0, 0.1) is 11.8 Å². The molecular formula is C23H31N3OS2. The van der Waals surface area contributed by atoms with Gasteiger partial charge in [0.25, 0.3) is 0 Å². The Morgan fingerprint density at radius 3 is 2.66 bits per heavy atom. The number of carbonyl (C=O) groups is 1. The van der Waals surface area contributed by atoms with Gasteiger partial charge in [-0.25, -0.2) is 0 Å². The van der Waals surface area contributed by atoms with E-state index in [1.54, 1.807) is 11.3 Å². The molecule has 0 spiro atoms. The molecule has 1 aliphatic carbocycles. The second-order valence-electron chi connectivity index (χ2n) is 8.02. The number of carbonyl (C=O) groups excluding carboxylic acids is 1. The van der Waals surface area contributed by atoms with Gasteiger partial charge in [0.2, 0.25) is 5.91 Å². The average molecular weight is 430 g/mol. The first-order valence-electron chi connectivity index (χ1n) is 10.4. The monoisotopic (exact) mass is 429 g/mol. The minimum Gasteiger partial charge on any atom is -0.353 e. The third-order valence-electron chi connectivity index (χ3n) is 5.88. The lowest BCUT2D eigenvalue weighted by Crippen LogP contribution is -2.49. The molecule has 1 fully saturated rings. The number of hydrogen-bond donors (Lipinski definition) is 2. The van der Waals surface area contributed by atoms with Gasteiger partial charge in [-0.15, -0.1) is 11.3 Å². The molecule has 156 valence electrons. The highest BCUT2D eigenvalue weighted by Crippen LogP contribution is 2.29. The molecule has 3 atom stereocenters. The van der Waals surface area contributed by atoms with Crippen LogP contribution in [0.2, 0.25) is 0 Å². The first kappa shape index (κ1) is 21.8. The van der Waals surface area contributed by atoms with Crippen LogP contribution in [0.4, 0.5) is 0 Å². The van der Waals surface area contributed by atoms with Crippen LogP contribution in [-0.4, -0.2) is 28.5 Å². The fourth-order valence-corrected chi connectivity index (χ4v) is 4.83. The first-order valence-corrected chi connectivity index (χ1v) is 11.7. The smallest absolute Gasteiger partial charge is 0.239 e. The molecule has 2 N–H and O–H groups in total. The summed E-state index contributed by atoms with van der Waals surface area (Å²) in [6.45, 7) is 6.19. The number of benzene rings is 1. The average Bonchev–Trinajstić information content (AvgIpc) is 3.23. The summed E-state index contributed by atoms with van der Waals surface area (Å²) >= 11 is 7.37. The second-order valence-corrected chi connectivity index (χ2v) is 9.44. The molecule has 1 saturated carbocycles. The summed E-state index contributed by atoms with van der Waals surface area (Å²) < 4.78 is 0. The fourth-order valence-electron chi connectivity index (χ4n) is 3.91. The van der Waals surface area contributed by atoms with E-state index in [1.807, 2.05) is 18.2 Å². The maximum absolute atomic E-state index is 12.5. The van der Waals surface area contributed by atoms with Gasteiger partial charge in [-0.1, -0.05) is 63.1 Å². The summed E-state index contributed by atoms with van der Waals surface area (Å²) in [7, 11) is 0. The maximum Gasteiger partial charge on any atom is 0.239 e. The molecular weight excluding hydrogens is 398 g/mol. The van der Waals surface area contributed by atoms with Gasteiger partial charge in [0, 0.05) is 17.5 Å². The summed E-state index contributed by atoms with van der Waals surface area (Å²) in [5.41, 5.74) is 1.20. The third kappa shape index (κ3) is 6.54. The Kier molecular flexibility index (Phi) is 8.07. The quantitative estimate of drug-likeness (QED) is 0.633. The number of nitrogens with one attached hydrogen (secondary N) is 2. The topological polar surface area (TPSA) is 44.4 Å². The lowest BCUT2D eigenvalue weighted by atomic mass is 9.78. The van der Waals surface area contributed by atoms with Gasteiger partial charge in [0.05, 0.1) is 13.1 Å². The van der Waals surface area contributed by atoms with Crippen molar-refractivity contribution in [3.05, 3.63) is 58.3 Å². The zero-order valence-corrected chi connectivity index (χ0v) is 18.9. The van der Waals surface area contributed by atoms with Crippen LogP contribution in [0.3, 0.4) is 0 Å². The Balaban J connectivity index is 1.55. The SMILES string of the molecule is C[C@@H]1[C@H](C)CCC[C@@H]1NC(=O)CNC(=S)N(Cc1ccccc1)Cc1cccs1. The van der Waals surface area contributed by atoms with Gasteiger partial charge in [-0.05, 0) is 47.5 Å². The Morgan fingerprint density at radius 1 is 1.14 bits per heavy atom. The van der Waals surface area contributed by atoms with Crippen molar-refractivity contribution in [3.63, 3.8) is 0 Å². The molecule has 1 aromatic carbocycles. The number of nitrogens with zero attached hydrogens (tertiary/aromatic N) is 1. The number of rotatable bonds is 7. The van der Waals surface area contributed by atoms with E-state index in [9.17, 15) is 4.79 Å². The summed E-state index contributed by atoms with van der Waals surface area (Å²) in [6, 6.07) is 14.7. The normalized spacial score (nSPS) is 21.4. The molecule has 1 amide bonds. The standard InChI is InChI=1S/C23H31N3OS2/c1-17-8-6-12-21(18(17)2)25-22(27)14-24-23(28)26(16-20-11-7-13-29-20)15-19-9-4-3-5-10-19/h3-5,7,9-11,13,17-18,21H,6,8,12,14-16H2,1-2H3,(H,24,28)(H,25,27)/t17-,18-,21+/m1/s1. The molecule has 3 rings (SSSR count). The van der Waals surface area contributed by atoms with Crippen molar-refractivity contribution in [3.8, 4) is 0 Å². The van der Waals surface area contributed by atoms with E-state index < -0.39 is 0 Å². The van der Waals surface area contributed by atoms with Gasteiger partial charge in [0.1, 0.15) is 0 Å². The number of hydrogen-bond acceptors (Lipinski definition) is 3.